The molecule has 5 nitrogen and oxygen atoms in total. The third kappa shape index (κ3) is 9.18. The van der Waals surface area contributed by atoms with Crippen molar-refractivity contribution in [3.8, 4) is 0 Å². The SMILES string of the molecule is CBr.CC.CC.CC(C)C(=O)C[N+]1=C(/C=C/C2=CC(=C/C=C3/N(CC(=O)N(C)C)c4ccc5ccccc5c4C3(C)C)/CCC2)C(C)(C)c2c1ccc1ccccc21. The van der Waals surface area contributed by atoms with Crippen LogP contribution in [0.1, 0.15) is 99.6 Å². The third-order valence-corrected chi connectivity index (χ3v) is 11.5. The Bertz CT molecular complexity index is 2280. The maximum atomic E-state index is 13.2. The largest absolute Gasteiger partial charge is 0.347 e. The van der Waals surface area contributed by atoms with Crippen LogP contribution in [0.5, 0.6) is 0 Å². The van der Waals surface area contributed by atoms with Crippen molar-refractivity contribution in [1.29, 1.82) is 0 Å². The van der Waals surface area contributed by atoms with E-state index in [-0.39, 0.29) is 28.4 Å². The van der Waals surface area contributed by atoms with Gasteiger partial charge in [0, 0.05) is 54.5 Å². The minimum atomic E-state index is -0.290. The molecule has 0 N–H and O–H groups in total. The van der Waals surface area contributed by atoms with Gasteiger partial charge in [0.15, 0.2) is 11.5 Å². The fourth-order valence-corrected chi connectivity index (χ4v) is 8.54. The summed E-state index contributed by atoms with van der Waals surface area (Å²) in [6.07, 6.45) is 14.5. The number of carbonyl (C=O) groups is 2. The van der Waals surface area contributed by atoms with Gasteiger partial charge >= 0.3 is 0 Å². The van der Waals surface area contributed by atoms with Crippen LogP contribution in [0.4, 0.5) is 11.4 Å². The van der Waals surface area contributed by atoms with E-state index in [9.17, 15) is 9.59 Å². The number of alkyl halides is 1. The topological polar surface area (TPSA) is 43.6 Å². The number of allylic oxidation sites excluding steroid dienone is 8. The van der Waals surface area contributed by atoms with Crippen LogP contribution < -0.4 is 4.90 Å². The van der Waals surface area contributed by atoms with Crippen molar-refractivity contribution >= 4 is 66.3 Å². The minimum Gasteiger partial charge on any atom is -0.347 e. The van der Waals surface area contributed by atoms with E-state index < -0.39 is 0 Å². The molecule has 2 aliphatic heterocycles. The number of hydrogen-bond donors (Lipinski definition) is 0. The van der Waals surface area contributed by atoms with Crippen LogP contribution in [0.25, 0.3) is 21.5 Å². The molecule has 308 valence electrons. The Hall–Kier alpha value is -4.55. The number of fused-ring (bicyclic) bond motifs is 6. The number of nitrogens with zero attached hydrogens (tertiary/aromatic N) is 3. The van der Waals surface area contributed by atoms with Gasteiger partial charge in [-0.25, -0.2) is 0 Å². The van der Waals surface area contributed by atoms with Gasteiger partial charge in [0.2, 0.25) is 18.1 Å². The summed E-state index contributed by atoms with van der Waals surface area (Å²) in [5, 5.41) is 4.92. The molecule has 0 atom stereocenters. The lowest BCUT2D eigenvalue weighted by Crippen LogP contribution is -2.36. The monoisotopic (exact) mass is 844 g/mol. The smallest absolute Gasteiger partial charge is 0.242 e. The Balaban J connectivity index is 0.00000119. The van der Waals surface area contributed by atoms with Gasteiger partial charge in [-0.1, -0.05) is 144 Å². The first-order chi connectivity index (χ1) is 27.8. The van der Waals surface area contributed by atoms with Crippen molar-refractivity contribution in [2.24, 2.45) is 5.92 Å². The van der Waals surface area contributed by atoms with E-state index in [4.69, 9.17) is 0 Å². The molecule has 0 spiro atoms. The molecule has 1 amide bonds. The summed E-state index contributed by atoms with van der Waals surface area (Å²) in [6.45, 7) is 21.8. The predicted octanol–water partition coefficient (Wildman–Crippen LogP) is 13.0. The number of halogens is 1. The molecule has 6 heteroatoms. The number of ketones is 1. The van der Waals surface area contributed by atoms with Gasteiger partial charge in [-0.05, 0) is 95.4 Å². The van der Waals surface area contributed by atoms with Crippen molar-refractivity contribution in [1.82, 2.24) is 4.90 Å². The van der Waals surface area contributed by atoms with Crippen LogP contribution in [-0.4, -0.2) is 59.9 Å². The van der Waals surface area contributed by atoms with Crippen LogP contribution in [0, 0.1) is 5.92 Å². The minimum absolute atomic E-state index is 0.0333. The molecule has 58 heavy (non-hydrogen) atoms. The predicted molar refractivity (Wildman–Crippen MR) is 254 cm³/mol. The van der Waals surface area contributed by atoms with E-state index in [2.05, 4.69) is 156 Å². The zero-order chi connectivity index (χ0) is 42.9. The third-order valence-electron chi connectivity index (χ3n) is 11.5. The Morgan fingerprint density at radius 1 is 0.776 bits per heavy atom. The van der Waals surface area contributed by atoms with E-state index in [0.29, 0.717) is 13.1 Å². The van der Waals surface area contributed by atoms with Gasteiger partial charge in [-0.15, -0.1) is 0 Å². The van der Waals surface area contributed by atoms with Crippen LogP contribution >= 0.6 is 15.9 Å². The second kappa shape index (κ2) is 19.9. The Labute approximate surface area is 358 Å². The van der Waals surface area contributed by atoms with Crippen molar-refractivity contribution in [2.45, 2.75) is 99.3 Å². The summed E-state index contributed by atoms with van der Waals surface area (Å²) in [5.74, 6) is 2.10. The first-order valence-corrected chi connectivity index (χ1v) is 22.7. The molecule has 3 aliphatic rings. The van der Waals surface area contributed by atoms with E-state index >= 15 is 0 Å². The summed E-state index contributed by atoms with van der Waals surface area (Å²) in [6, 6.07) is 25.9. The van der Waals surface area contributed by atoms with E-state index in [1.807, 2.05) is 61.5 Å². The highest BCUT2D eigenvalue weighted by Gasteiger charge is 2.46. The molecule has 2 heterocycles. The molecular weight excluding hydrogens is 778 g/mol. The molecule has 0 aromatic heterocycles. The first kappa shape index (κ1) is 46.1. The van der Waals surface area contributed by atoms with Gasteiger partial charge in [0.25, 0.3) is 0 Å². The second-order valence-electron chi connectivity index (χ2n) is 16.3. The summed E-state index contributed by atoms with van der Waals surface area (Å²) < 4.78 is 2.26. The average molecular weight is 846 g/mol. The summed E-state index contributed by atoms with van der Waals surface area (Å²) in [5.41, 5.74) is 9.10. The van der Waals surface area contributed by atoms with Gasteiger partial charge < -0.3 is 9.80 Å². The number of anilines is 1. The number of rotatable bonds is 8. The lowest BCUT2D eigenvalue weighted by Gasteiger charge is -2.27. The number of benzene rings is 4. The number of amides is 1. The van der Waals surface area contributed by atoms with E-state index in [1.54, 1.807) is 4.90 Å². The fourth-order valence-electron chi connectivity index (χ4n) is 8.54. The Morgan fingerprint density at radius 3 is 1.97 bits per heavy atom. The van der Waals surface area contributed by atoms with Crippen molar-refractivity contribution in [2.75, 3.05) is 37.9 Å². The zero-order valence-electron chi connectivity index (χ0n) is 37.5. The molecule has 0 fully saturated rings. The van der Waals surface area contributed by atoms with Gasteiger partial charge in [0.1, 0.15) is 6.54 Å². The van der Waals surface area contributed by atoms with Crippen LogP contribution in [0.15, 0.2) is 120 Å². The fraction of sp³-hybridized carbons (Fsp3) is 0.404. The van der Waals surface area contributed by atoms with Gasteiger partial charge in [0.05, 0.1) is 5.41 Å². The number of likely N-dealkylation sites (N-methyl/N-ethyl adjacent to an activating group) is 1. The van der Waals surface area contributed by atoms with Gasteiger partial charge in [-0.3, -0.25) is 9.59 Å². The molecule has 0 bridgehead atoms. The van der Waals surface area contributed by atoms with E-state index in [1.165, 1.54) is 43.8 Å². The lowest BCUT2D eigenvalue weighted by atomic mass is 9.79. The van der Waals surface area contributed by atoms with E-state index in [0.717, 1.165) is 42.0 Å². The van der Waals surface area contributed by atoms with Crippen molar-refractivity contribution in [3.05, 3.63) is 131 Å². The molecule has 0 saturated heterocycles. The Morgan fingerprint density at radius 2 is 1.36 bits per heavy atom. The maximum Gasteiger partial charge on any atom is 0.242 e. The van der Waals surface area contributed by atoms with Crippen molar-refractivity contribution < 1.29 is 14.2 Å². The van der Waals surface area contributed by atoms with Crippen LogP contribution in [0.2, 0.25) is 0 Å². The molecule has 4 aromatic carbocycles. The summed E-state index contributed by atoms with van der Waals surface area (Å²) >= 11 is 2.94. The Kier molecular flexibility index (Phi) is 15.9. The normalized spacial score (nSPS) is 17.6. The highest BCUT2D eigenvalue weighted by atomic mass is 79.9. The molecule has 4 aromatic rings. The molecule has 7 rings (SSSR count). The van der Waals surface area contributed by atoms with Crippen LogP contribution in [0.3, 0.4) is 0 Å². The first-order valence-electron chi connectivity index (χ1n) is 21.2. The van der Waals surface area contributed by atoms with Gasteiger partial charge in [-0.2, -0.15) is 4.58 Å². The quantitative estimate of drug-likeness (QED) is 0.131. The average Bonchev–Trinajstić information content (AvgIpc) is 3.59. The molecule has 1 aliphatic carbocycles. The number of hydrogen-bond acceptors (Lipinski definition) is 3. The molecule has 0 unspecified atom stereocenters. The van der Waals surface area contributed by atoms with Crippen LogP contribution in [-0.2, 0) is 20.4 Å². The molecular formula is C52H67BrN3O2+. The maximum absolute atomic E-state index is 13.2. The second-order valence-corrected chi connectivity index (χ2v) is 16.3. The molecule has 0 saturated carbocycles. The summed E-state index contributed by atoms with van der Waals surface area (Å²) in [7, 11) is 3.65. The number of carbonyl (C=O) groups excluding carboxylic acids is 2. The highest BCUT2D eigenvalue weighted by Crippen LogP contribution is 2.51. The zero-order valence-corrected chi connectivity index (χ0v) is 39.0. The number of Topliss-reactive ketones (excluding diaryl/α,β-unsaturated/α-hetero) is 1. The standard InChI is InChI=1S/C47H52N3O2.2C2H6.CH3Br/c1-31(2)40(51)29-49-38-24-22-34-16-9-11-18-36(34)44(38)46(3,4)41(49)26-20-32-14-13-15-33(28-32)21-27-42-47(5,6)45-37-19-12-10-17-35(37)23-25-39(45)50(42)30-43(52)48(7)8;3*1-2/h9-12,16-28,31H,13-15,29-30H2,1-8H3;2*1-2H3;1H3/q+1;;;. The highest BCUT2D eigenvalue weighted by molar-refractivity contribution is 9.08. The lowest BCUT2D eigenvalue weighted by molar-refractivity contribution is -0.425. The summed E-state index contributed by atoms with van der Waals surface area (Å²) in [4.78, 5) is 30.3. The van der Waals surface area contributed by atoms with Crippen molar-refractivity contribution in [3.63, 3.8) is 0 Å². The molecule has 0 radical (unpaired) electrons.